The fourth-order valence-corrected chi connectivity index (χ4v) is 5.21. The van der Waals surface area contributed by atoms with E-state index in [4.69, 9.17) is 4.74 Å². The van der Waals surface area contributed by atoms with Crippen molar-refractivity contribution in [2.24, 2.45) is 0 Å². The predicted octanol–water partition coefficient (Wildman–Crippen LogP) is 4.45. The number of amides is 1. The number of carbonyl (C=O) groups excluding carboxylic acids is 1. The van der Waals surface area contributed by atoms with Crippen molar-refractivity contribution in [3.63, 3.8) is 0 Å². The number of anilines is 1. The molecule has 2 N–H and O–H groups in total. The molecule has 35 heavy (non-hydrogen) atoms. The molecule has 0 radical (unpaired) electrons. The summed E-state index contributed by atoms with van der Waals surface area (Å²) < 4.78 is 6.18. The third kappa shape index (κ3) is 4.12. The van der Waals surface area contributed by atoms with Gasteiger partial charge in [-0.1, -0.05) is 49.4 Å². The second-order valence-corrected chi connectivity index (χ2v) is 9.14. The Morgan fingerprint density at radius 3 is 2.46 bits per heavy atom. The summed E-state index contributed by atoms with van der Waals surface area (Å²) in [6, 6.07) is 19.6. The molecule has 1 amide bonds. The molecule has 7 heteroatoms. The van der Waals surface area contributed by atoms with Gasteiger partial charge in [-0.25, -0.2) is 0 Å². The summed E-state index contributed by atoms with van der Waals surface area (Å²) in [5.41, 5.74) is 4.31. The molecular formula is C28H28N2O5. The molecule has 2 aliphatic heterocycles. The molecule has 180 valence electrons. The van der Waals surface area contributed by atoms with Gasteiger partial charge in [0.25, 0.3) is 5.91 Å². The number of rotatable bonds is 5. The zero-order valence-electron chi connectivity index (χ0n) is 19.7. The number of phenols is 1. The van der Waals surface area contributed by atoms with Gasteiger partial charge in [0, 0.05) is 25.2 Å². The normalized spacial score (nSPS) is 20.5. The summed E-state index contributed by atoms with van der Waals surface area (Å²) in [5, 5.41) is 19.7. The fraction of sp³-hybridized carbons (Fsp3) is 0.286. The number of carboxylic acid groups (broad SMARTS) is 1. The van der Waals surface area contributed by atoms with E-state index < -0.39 is 18.1 Å². The molecular weight excluding hydrogens is 444 g/mol. The van der Waals surface area contributed by atoms with Crippen molar-refractivity contribution in [3.8, 4) is 11.5 Å². The van der Waals surface area contributed by atoms with Crippen LogP contribution in [0.15, 0.2) is 66.7 Å². The van der Waals surface area contributed by atoms with Crippen LogP contribution >= 0.6 is 0 Å². The summed E-state index contributed by atoms with van der Waals surface area (Å²) in [7, 11) is 1.70. The van der Waals surface area contributed by atoms with Gasteiger partial charge in [0.2, 0.25) is 6.10 Å². The highest BCUT2D eigenvalue weighted by Crippen LogP contribution is 2.43. The number of carbonyl (C=O) groups is 2. The number of hydrogen-bond donors (Lipinski definition) is 2. The highest BCUT2D eigenvalue weighted by Gasteiger charge is 2.39. The van der Waals surface area contributed by atoms with Crippen molar-refractivity contribution < 1.29 is 24.5 Å². The Bertz CT molecular complexity index is 1260. The SMILES string of the molecule is CC[C@H](c1ccccc1)N1Cc2cc3c(cc2C[C@H]1C(=O)O)N(C)C(=O)[C@H](c1ccc(O)cc1)O3. The number of nitrogens with zero attached hydrogens (tertiary/aromatic N) is 2. The Morgan fingerprint density at radius 2 is 1.80 bits per heavy atom. The van der Waals surface area contributed by atoms with Gasteiger partial charge in [-0.3, -0.25) is 14.5 Å². The number of carboxylic acids is 1. The van der Waals surface area contributed by atoms with Crippen LogP contribution in [-0.2, 0) is 22.6 Å². The zero-order valence-corrected chi connectivity index (χ0v) is 19.7. The van der Waals surface area contributed by atoms with Crippen LogP contribution in [0.25, 0.3) is 0 Å². The summed E-state index contributed by atoms with van der Waals surface area (Å²) in [5.74, 6) is -0.358. The largest absolute Gasteiger partial charge is 0.508 e. The highest BCUT2D eigenvalue weighted by molar-refractivity contribution is 6.00. The van der Waals surface area contributed by atoms with Crippen LogP contribution in [0, 0.1) is 0 Å². The smallest absolute Gasteiger partial charge is 0.321 e. The van der Waals surface area contributed by atoms with Crippen molar-refractivity contribution in [1.82, 2.24) is 4.90 Å². The van der Waals surface area contributed by atoms with Crippen molar-refractivity contribution in [2.75, 3.05) is 11.9 Å². The van der Waals surface area contributed by atoms with E-state index >= 15 is 0 Å². The van der Waals surface area contributed by atoms with Gasteiger partial charge in [-0.2, -0.15) is 0 Å². The van der Waals surface area contributed by atoms with Crippen LogP contribution in [0.4, 0.5) is 5.69 Å². The van der Waals surface area contributed by atoms with Crippen LogP contribution in [0.3, 0.4) is 0 Å². The molecule has 2 heterocycles. The van der Waals surface area contributed by atoms with E-state index in [0.29, 0.717) is 30.0 Å². The van der Waals surface area contributed by atoms with Crippen LogP contribution < -0.4 is 9.64 Å². The van der Waals surface area contributed by atoms with Crippen LogP contribution in [-0.4, -0.2) is 40.1 Å². The van der Waals surface area contributed by atoms with Crippen LogP contribution in [0.2, 0.25) is 0 Å². The number of phenolic OH excluding ortho intramolecular Hbond substituents is 1. The number of aliphatic carboxylic acids is 1. The minimum atomic E-state index is -0.851. The first kappa shape index (κ1) is 22.9. The molecule has 0 fully saturated rings. The van der Waals surface area contributed by atoms with E-state index in [0.717, 1.165) is 23.1 Å². The molecule has 0 unspecified atom stereocenters. The molecule has 3 atom stereocenters. The Hall–Kier alpha value is -3.84. The van der Waals surface area contributed by atoms with E-state index in [1.165, 1.54) is 12.1 Å². The van der Waals surface area contributed by atoms with Gasteiger partial charge >= 0.3 is 5.97 Å². The van der Waals surface area contributed by atoms with Gasteiger partial charge in [0.15, 0.2) is 0 Å². The standard InChI is InChI=1S/C28H28N2O5/c1-3-22(17-7-5-4-6-8-17)30-16-20-15-25-23(13-19(20)14-24(30)28(33)34)29(2)27(32)26(35-25)18-9-11-21(31)12-10-18/h4-13,15,22,24,26,31H,3,14,16H2,1-2H3,(H,33,34)/t22-,24+,26+/m1/s1. The Balaban J connectivity index is 1.52. The monoisotopic (exact) mass is 472 g/mol. The number of benzene rings is 3. The van der Waals surface area contributed by atoms with Crippen molar-refractivity contribution in [1.29, 1.82) is 0 Å². The number of aromatic hydroxyl groups is 1. The molecule has 0 saturated heterocycles. The third-order valence-corrected chi connectivity index (χ3v) is 7.06. The van der Waals surface area contributed by atoms with E-state index in [-0.39, 0.29) is 17.7 Å². The van der Waals surface area contributed by atoms with Gasteiger partial charge in [-0.15, -0.1) is 0 Å². The molecule has 0 saturated carbocycles. The van der Waals surface area contributed by atoms with Gasteiger partial charge in [0.1, 0.15) is 17.5 Å². The molecule has 3 aromatic carbocycles. The lowest BCUT2D eigenvalue weighted by Crippen LogP contribution is -2.47. The fourth-order valence-electron chi connectivity index (χ4n) is 5.21. The maximum Gasteiger partial charge on any atom is 0.321 e. The maximum absolute atomic E-state index is 13.1. The number of fused-ring (bicyclic) bond motifs is 2. The summed E-state index contributed by atoms with van der Waals surface area (Å²) in [4.78, 5) is 29.0. The molecule has 5 rings (SSSR count). The van der Waals surface area contributed by atoms with Gasteiger partial charge in [-0.05, 0) is 53.8 Å². The van der Waals surface area contributed by atoms with E-state index in [9.17, 15) is 19.8 Å². The lowest BCUT2D eigenvalue weighted by molar-refractivity contribution is -0.145. The maximum atomic E-state index is 13.1. The summed E-state index contributed by atoms with van der Waals surface area (Å²) in [6.07, 6.45) is 0.320. The van der Waals surface area contributed by atoms with E-state index in [2.05, 4.69) is 11.8 Å². The highest BCUT2D eigenvalue weighted by atomic mass is 16.5. The molecule has 0 bridgehead atoms. The topological polar surface area (TPSA) is 90.3 Å². The van der Waals surface area contributed by atoms with E-state index in [1.54, 1.807) is 24.1 Å². The van der Waals surface area contributed by atoms with Crippen LogP contribution in [0.1, 0.15) is 47.7 Å². The quantitative estimate of drug-likeness (QED) is 0.570. The molecule has 7 nitrogen and oxygen atoms in total. The zero-order chi connectivity index (χ0) is 24.7. The number of ether oxygens (including phenoxy) is 1. The average Bonchev–Trinajstić information content (AvgIpc) is 2.86. The molecule has 2 aliphatic rings. The Kier molecular flexibility index (Phi) is 5.94. The predicted molar refractivity (Wildman–Crippen MR) is 131 cm³/mol. The summed E-state index contributed by atoms with van der Waals surface area (Å²) in [6.45, 7) is 2.54. The molecule has 3 aromatic rings. The van der Waals surface area contributed by atoms with Gasteiger partial charge in [0.05, 0.1) is 5.69 Å². The lowest BCUT2D eigenvalue weighted by atomic mass is 9.89. The van der Waals surface area contributed by atoms with Crippen molar-refractivity contribution in [3.05, 3.63) is 89.0 Å². The molecule has 0 aliphatic carbocycles. The first-order valence-corrected chi connectivity index (χ1v) is 11.8. The third-order valence-electron chi connectivity index (χ3n) is 7.06. The average molecular weight is 473 g/mol. The number of likely N-dealkylation sites (N-methyl/N-ethyl adjacent to an activating group) is 1. The molecule has 0 spiro atoms. The Labute approximate surface area is 204 Å². The van der Waals surface area contributed by atoms with Crippen molar-refractivity contribution in [2.45, 2.75) is 44.5 Å². The Morgan fingerprint density at radius 1 is 1.09 bits per heavy atom. The van der Waals surface area contributed by atoms with E-state index in [1.807, 2.05) is 42.5 Å². The first-order valence-electron chi connectivity index (χ1n) is 11.8. The first-order chi connectivity index (χ1) is 16.9. The van der Waals surface area contributed by atoms with Crippen LogP contribution in [0.5, 0.6) is 11.5 Å². The van der Waals surface area contributed by atoms with Gasteiger partial charge < -0.3 is 19.8 Å². The lowest BCUT2D eigenvalue weighted by Gasteiger charge is -2.41. The second-order valence-electron chi connectivity index (χ2n) is 9.14. The second kappa shape index (κ2) is 9.07. The minimum absolute atomic E-state index is 0.0311. The van der Waals surface area contributed by atoms with Crippen molar-refractivity contribution >= 4 is 17.6 Å². The summed E-state index contributed by atoms with van der Waals surface area (Å²) >= 11 is 0. The molecule has 0 aromatic heterocycles. The number of hydrogen-bond acceptors (Lipinski definition) is 5. The minimum Gasteiger partial charge on any atom is -0.508 e.